The van der Waals surface area contributed by atoms with Gasteiger partial charge in [-0.15, -0.1) is 0 Å². The van der Waals surface area contributed by atoms with Crippen molar-refractivity contribution in [1.82, 2.24) is 4.31 Å². The Morgan fingerprint density at radius 1 is 1.33 bits per heavy atom. The standard InChI is InChI=1S/C13H16ClNO5S/c1-8-6-15(7-9(2)20-8)21(18,19)10-3-4-11(13(16)17)12(14)5-10/h3-5,8-9H,6-7H2,1-2H3,(H,16,17)/t8-,9+. The highest BCUT2D eigenvalue weighted by atomic mass is 35.5. The van der Waals surface area contributed by atoms with Crippen LogP contribution in [0, 0.1) is 0 Å². The normalized spacial score (nSPS) is 24.0. The highest BCUT2D eigenvalue weighted by Gasteiger charge is 2.32. The lowest BCUT2D eigenvalue weighted by Gasteiger charge is -2.34. The second-order valence-electron chi connectivity index (χ2n) is 5.03. The van der Waals surface area contributed by atoms with Gasteiger partial charge < -0.3 is 9.84 Å². The van der Waals surface area contributed by atoms with Crippen molar-refractivity contribution < 1.29 is 23.1 Å². The Bertz CT molecular complexity index is 651. The number of carboxylic acids is 1. The Morgan fingerprint density at radius 2 is 1.90 bits per heavy atom. The van der Waals surface area contributed by atoms with Crippen LogP contribution in [0.2, 0.25) is 5.02 Å². The SMILES string of the molecule is C[C@@H]1CN(S(=O)(=O)c2ccc(C(=O)O)c(Cl)c2)C[C@H](C)O1. The van der Waals surface area contributed by atoms with Gasteiger partial charge in [0.1, 0.15) is 0 Å². The van der Waals surface area contributed by atoms with Crippen LogP contribution >= 0.6 is 11.6 Å². The predicted molar refractivity (Wildman–Crippen MR) is 77.2 cm³/mol. The molecule has 0 amide bonds. The summed E-state index contributed by atoms with van der Waals surface area (Å²) in [5.74, 6) is -1.20. The molecule has 6 nitrogen and oxygen atoms in total. The fourth-order valence-electron chi connectivity index (χ4n) is 2.31. The number of sulfonamides is 1. The highest BCUT2D eigenvalue weighted by molar-refractivity contribution is 7.89. The van der Waals surface area contributed by atoms with Gasteiger partial charge in [0.15, 0.2) is 0 Å². The Labute approximate surface area is 128 Å². The molecule has 0 unspecified atom stereocenters. The monoisotopic (exact) mass is 333 g/mol. The maximum Gasteiger partial charge on any atom is 0.337 e. The zero-order valence-electron chi connectivity index (χ0n) is 11.6. The lowest BCUT2D eigenvalue weighted by atomic mass is 10.2. The summed E-state index contributed by atoms with van der Waals surface area (Å²) in [5, 5.41) is 8.82. The zero-order valence-corrected chi connectivity index (χ0v) is 13.2. The Morgan fingerprint density at radius 3 is 2.38 bits per heavy atom. The summed E-state index contributed by atoms with van der Waals surface area (Å²) in [7, 11) is -3.72. The molecule has 1 aliphatic heterocycles. The number of rotatable bonds is 3. The van der Waals surface area contributed by atoms with Gasteiger partial charge in [-0.25, -0.2) is 13.2 Å². The molecule has 0 spiro atoms. The maximum absolute atomic E-state index is 12.6. The van der Waals surface area contributed by atoms with Crippen molar-refractivity contribution in [3.05, 3.63) is 28.8 Å². The fourth-order valence-corrected chi connectivity index (χ4v) is 4.25. The summed E-state index contributed by atoms with van der Waals surface area (Å²) >= 11 is 5.84. The molecule has 2 rings (SSSR count). The molecule has 1 aromatic carbocycles. The number of hydrogen-bond acceptors (Lipinski definition) is 4. The molecular weight excluding hydrogens is 318 g/mol. The Hall–Kier alpha value is -1.15. The second kappa shape index (κ2) is 5.92. The molecule has 116 valence electrons. The van der Waals surface area contributed by atoms with Crippen LogP contribution in [0.5, 0.6) is 0 Å². The molecule has 0 aromatic heterocycles. The van der Waals surface area contributed by atoms with Crippen molar-refractivity contribution in [2.24, 2.45) is 0 Å². The number of nitrogens with zero attached hydrogens (tertiary/aromatic N) is 1. The van der Waals surface area contributed by atoms with Crippen LogP contribution in [0.25, 0.3) is 0 Å². The summed E-state index contributed by atoms with van der Waals surface area (Å²) in [6, 6.07) is 3.63. The van der Waals surface area contributed by atoms with E-state index >= 15 is 0 Å². The third-order valence-electron chi connectivity index (χ3n) is 3.19. The molecule has 0 bridgehead atoms. The number of ether oxygens (including phenoxy) is 1. The van der Waals surface area contributed by atoms with Gasteiger partial charge in [-0.2, -0.15) is 4.31 Å². The molecular formula is C13H16ClNO5S. The molecule has 1 N–H and O–H groups in total. The van der Waals surface area contributed by atoms with E-state index in [2.05, 4.69) is 0 Å². The van der Waals surface area contributed by atoms with E-state index in [-0.39, 0.29) is 40.8 Å². The topological polar surface area (TPSA) is 83.9 Å². The quantitative estimate of drug-likeness (QED) is 0.912. The highest BCUT2D eigenvalue weighted by Crippen LogP contribution is 2.25. The molecule has 0 saturated carbocycles. The Kier molecular flexibility index (Phi) is 4.57. The summed E-state index contributed by atoms with van der Waals surface area (Å²) in [6.07, 6.45) is -0.394. The zero-order chi connectivity index (χ0) is 15.8. The number of halogens is 1. The molecule has 8 heteroatoms. The van der Waals surface area contributed by atoms with Gasteiger partial charge in [-0.3, -0.25) is 0 Å². The van der Waals surface area contributed by atoms with Gasteiger partial charge in [-0.1, -0.05) is 11.6 Å². The van der Waals surface area contributed by atoms with E-state index in [4.69, 9.17) is 21.4 Å². The number of aromatic carboxylic acids is 1. The molecule has 0 aliphatic carbocycles. The van der Waals surface area contributed by atoms with Crippen LogP contribution in [-0.2, 0) is 14.8 Å². The third kappa shape index (κ3) is 3.37. The van der Waals surface area contributed by atoms with Crippen LogP contribution in [0.1, 0.15) is 24.2 Å². The van der Waals surface area contributed by atoms with Crippen LogP contribution in [0.15, 0.2) is 23.1 Å². The van der Waals surface area contributed by atoms with Crippen LogP contribution in [0.4, 0.5) is 0 Å². The summed E-state index contributed by atoms with van der Waals surface area (Å²) < 4.78 is 32.0. The number of morpholine rings is 1. The molecule has 1 saturated heterocycles. The molecule has 0 radical (unpaired) electrons. The fraction of sp³-hybridized carbons (Fsp3) is 0.462. The van der Waals surface area contributed by atoms with Gasteiger partial charge >= 0.3 is 5.97 Å². The van der Waals surface area contributed by atoms with Crippen LogP contribution in [0.3, 0.4) is 0 Å². The molecule has 1 fully saturated rings. The van der Waals surface area contributed by atoms with Crippen molar-refractivity contribution in [3.8, 4) is 0 Å². The number of carbonyl (C=O) groups is 1. The minimum Gasteiger partial charge on any atom is -0.478 e. The second-order valence-corrected chi connectivity index (χ2v) is 7.37. The van der Waals surface area contributed by atoms with E-state index in [1.165, 1.54) is 22.5 Å². The minimum absolute atomic E-state index is 0.0150. The van der Waals surface area contributed by atoms with Crippen molar-refractivity contribution >= 4 is 27.6 Å². The first-order chi connectivity index (χ1) is 9.71. The Balaban J connectivity index is 2.35. The van der Waals surface area contributed by atoms with Crippen LogP contribution in [-0.4, -0.2) is 49.1 Å². The number of carboxylic acid groups (broad SMARTS) is 1. The van der Waals surface area contributed by atoms with E-state index < -0.39 is 16.0 Å². The van der Waals surface area contributed by atoms with Crippen molar-refractivity contribution in [2.75, 3.05) is 13.1 Å². The van der Waals surface area contributed by atoms with Gasteiger partial charge in [0.05, 0.1) is 27.7 Å². The first-order valence-electron chi connectivity index (χ1n) is 6.40. The van der Waals surface area contributed by atoms with E-state index in [1.54, 1.807) is 13.8 Å². The summed E-state index contributed by atoms with van der Waals surface area (Å²) in [4.78, 5) is 10.9. The van der Waals surface area contributed by atoms with E-state index in [9.17, 15) is 13.2 Å². The van der Waals surface area contributed by atoms with Crippen molar-refractivity contribution in [2.45, 2.75) is 31.0 Å². The first-order valence-corrected chi connectivity index (χ1v) is 8.22. The summed E-state index contributed by atoms with van der Waals surface area (Å²) in [5.41, 5.74) is -0.126. The van der Waals surface area contributed by atoms with Crippen molar-refractivity contribution in [3.63, 3.8) is 0 Å². The average molecular weight is 334 g/mol. The van der Waals surface area contributed by atoms with Gasteiger partial charge in [0, 0.05) is 13.1 Å². The number of hydrogen-bond donors (Lipinski definition) is 1. The smallest absolute Gasteiger partial charge is 0.337 e. The largest absolute Gasteiger partial charge is 0.478 e. The van der Waals surface area contributed by atoms with Crippen LogP contribution < -0.4 is 0 Å². The summed E-state index contributed by atoms with van der Waals surface area (Å²) in [6.45, 7) is 4.12. The average Bonchev–Trinajstić information content (AvgIpc) is 2.36. The predicted octanol–water partition coefficient (Wildman–Crippen LogP) is 1.84. The van der Waals surface area contributed by atoms with Crippen molar-refractivity contribution in [1.29, 1.82) is 0 Å². The molecule has 1 aromatic rings. The molecule has 21 heavy (non-hydrogen) atoms. The molecule has 2 atom stereocenters. The lowest BCUT2D eigenvalue weighted by Crippen LogP contribution is -2.48. The van der Waals surface area contributed by atoms with E-state index in [0.717, 1.165) is 0 Å². The van der Waals surface area contributed by atoms with Gasteiger partial charge in [-0.05, 0) is 32.0 Å². The third-order valence-corrected chi connectivity index (χ3v) is 5.34. The number of benzene rings is 1. The van der Waals surface area contributed by atoms with Gasteiger partial charge in [0.25, 0.3) is 0 Å². The molecule has 1 aliphatic rings. The minimum atomic E-state index is -3.72. The first kappa shape index (κ1) is 16.2. The van der Waals surface area contributed by atoms with Gasteiger partial charge in [0.2, 0.25) is 10.0 Å². The van der Waals surface area contributed by atoms with E-state index in [1.807, 2.05) is 0 Å². The maximum atomic E-state index is 12.6. The van der Waals surface area contributed by atoms with E-state index in [0.29, 0.717) is 0 Å². The lowest BCUT2D eigenvalue weighted by molar-refractivity contribution is -0.0440. The molecule has 1 heterocycles.